The first kappa shape index (κ1) is 14.9. The molecule has 1 amide bonds. The Morgan fingerprint density at radius 2 is 2.05 bits per heavy atom. The van der Waals surface area contributed by atoms with Crippen LogP contribution in [0, 0.1) is 5.82 Å². The van der Waals surface area contributed by atoms with E-state index in [0.717, 1.165) is 6.07 Å². The third kappa shape index (κ3) is 3.76. The van der Waals surface area contributed by atoms with E-state index in [1.54, 1.807) is 6.07 Å². The summed E-state index contributed by atoms with van der Waals surface area (Å²) in [6, 6.07) is 6.56. The second-order valence-electron chi connectivity index (χ2n) is 4.17. The molecule has 1 aromatic carbocycles. The summed E-state index contributed by atoms with van der Waals surface area (Å²) in [5.41, 5.74) is 0.800. The number of pyridine rings is 1. The minimum Gasteiger partial charge on any atom is -0.477 e. The molecule has 0 fully saturated rings. The van der Waals surface area contributed by atoms with Crippen molar-refractivity contribution in [3.63, 3.8) is 0 Å². The molecular formula is C14H10ClFN2O3. The van der Waals surface area contributed by atoms with E-state index in [0.29, 0.717) is 5.56 Å². The molecule has 1 heterocycles. The van der Waals surface area contributed by atoms with Crippen molar-refractivity contribution in [3.8, 4) is 0 Å². The highest BCUT2D eigenvalue weighted by atomic mass is 35.5. The van der Waals surface area contributed by atoms with Crippen molar-refractivity contribution < 1.29 is 19.1 Å². The number of amides is 1. The predicted molar refractivity (Wildman–Crippen MR) is 73.8 cm³/mol. The van der Waals surface area contributed by atoms with Crippen molar-refractivity contribution >= 4 is 23.5 Å². The second kappa shape index (κ2) is 6.32. The normalized spacial score (nSPS) is 10.2. The average molecular weight is 309 g/mol. The number of carboxylic acids is 1. The van der Waals surface area contributed by atoms with Gasteiger partial charge in [-0.15, -0.1) is 0 Å². The van der Waals surface area contributed by atoms with E-state index in [1.807, 2.05) is 0 Å². The number of benzene rings is 1. The number of hydrogen-bond donors (Lipinski definition) is 2. The van der Waals surface area contributed by atoms with E-state index in [-0.39, 0.29) is 22.8 Å². The van der Waals surface area contributed by atoms with Crippen LogP contribution in [0.15, 0.2) is 36.5 Å². The summed E-state index contributed by atoms with van der Waals surface area (Å²) in [6.45, 7) is 0.167. The minimum atomic E-state index is -1.12. The number of halogens is 2. The number of carbonyl (C=O) groups is 2. The zero-order valence-electron chi connectivity index (χ0n) is 10.6. The van der Waals surface area contributed by atoms with Crippen LogP contribution < -0.4 is 5.32 Å². The highest BCUT2D eigenvalue weighted by Gasteiger charge is 2.09. The molecule has 5 nitrogen and oxygen atoms in total. The van der Waals surface area contributed by atoms with Crippen molar-refractivity contribution in [2.45, 2.75) is 6.54 Å². The van der Waals surface area contributed by atoms with Gasteiger partial charge in [0.25, 0.3) is 5.91 Å². The number of rotatable bonds is 4. The predicted octanol–water partition coefficient (Wildman–Crippen LogP) is 2.50. The highest BCUT2D eigenvalue weighted by Crippen LogP contribution is 2.16. The molecule has 2 rings (SSSR count). The van der Waals surface area contributed by atoms with Gasteiger partial charge in [0, 0.05) is 18.3 Å². The number of carboxylic acid groups (broad SMARTS) is 1. The second-order valence-corrected chi connectivity index (χ2v) is 4.58. The van der Waals surface area contributed by atoms with Crippen molar-refractivity contribution in [2.75, 3.05) is 0 Å². The van der Waals surface area contributed by atoms with Crippen LogP contribution in [0.2, 0.25) is 5.02 Å². The van der Waals surface area contributed by atoms with Crippen LogP contribution in [0.25, 0.3) is 0 Å². The van der Waals surface area contributed by atoms with Gasteiger partial charge in [0.05, 0.1) is 5.02 Å². The number of nitrogens with zero attached hydrogens (tertiary/aromatic N) is 1. The first-order valence-corrected chi connectivity index (χ1v) is 6.26. The van der Waals surface area contributed by atoms with Gasteiger partial charge >= 0.3 is 5.97 Å². The van der Waals surface area contributed by atoms with Crippen LogP contribution in [0.3, 0.4) is 0 Å². The summed E-state index contributed by atoms with van der Waals surface area (Å²) in [5.74, 6) is -2.13. The van der Waals surface area contributed by atoms with E-state index in [9.17, 15) is 14.0 Å². The quantitative estimate of drug-likeness (QED) is 0.909. The van der Waals surface area contributed by atoms with Crippen molar-refractivity contribution in [1.82, 2.24) is 10.3 Å². The molecule has 0 saturated carbocycles. The summed E-state index contributed by atoms with van der Waals surface area (Å²) < 4.78 is 13.0. The monoisotopic (exact) mass is 308 g/mol. The Hall–Kier alpha value is -2.47. The van der Waals surface area contributed by atoms with Crippen molar-refractivity contribution in [1.29, 1.82) is 0 Å². The Morgan fingerprint density at radius 3 is 2.62 bits per heavy atom. The third-order valence-electron chi connectivity index (χ3n) is 2.68. The van der Waals surface area contributed by atoms with Gasteiger partial charge in [-0.05, 0) is 29.8 Å². The van der Waals surface area contributed by atoms with Crippen LogP contribution in [0.4, 0.5) is 4.39 Å². The third-order valence-corrected chi connectivity index (χ3v) is 2.97. The van der Waals surface area contributed by atoms with Gasteiger partial charge in [0.15, 0.2) is 0 Å². The molecule has 2 N–H and O–H groups in total. The number of hydrogen-bond acceptors (Lipinski definition) is 3. The zero-order valence-corrected chi connectivity index (χ0v) is 11.4. The molecule has 21 heavy (non-hydrogen) atoms. The Labute approximate surface area is 124 Å². The fourth-order valence-electron chi connectivity index (χ4n) is 1.58. The topological polar surface area (TPSA) is 79.3 Å². The number of aromatic nitrogens is 1. The molecule has 0 unspecified atom stereocenters. The molecule has 0 radical (unpaired) electrons. The van der Waals surface area contributed by atoms with Crippen LogP contribution in [-0.4, -0.2) is 22.0 Å². The van der Waals surface area contributed by atoms with Gasteiger partial charge in [0.2, 0.25) is 0 Å². The minimum absolute atomic E-state index is 0.0737. The van der Waals surface area contributed by atoms with Gasteiger partial charge in [-0.1, -0.05) is 17.7 Å². The zero-order chi connectivity index (χ0) is 15.4. The molecule has 108 valence electrons. The molecule has 0 aliphatic rings. The van der Waals surface area contributed by atoms with E-state index in [1.165, 1.54) is 24.4 Å². The molecule has 0 bridgehead atoms. The summed E-state index contributed by atoms with van der Waals surface area (Å²) in [6.07, 6.45) is 1.36. The van der Waals surface area contributed by atoms with E-state index < -0.39 is 17.7 Å². The number of carbonyl (C=O) groups excluding carboxylic acids is 1. The standard InChI is InChI=1S/C14H10ClFN2O3/c15-10-5-9(2-3-11(10)16)13(19)18-7-8-1-4-12(14(20)21)17-6-8/h1-6H,7H2,(H,18,19)(H,20,21). The lowest BCUT2D eigenvalue weighted by atomic mass is 10.2. The molecule has 7 heteroatoms. The summed E-state index contributed by atoms with van der Waals surface area (Å²) >= 11 is 5.60. The van der Waals surface area contributed by atoms with E-state index >= 15 is 0 Å². The average Bonchev–Trinajstić information content (AvgIpc) is 2.48. The van der Waals surface area contributed by atoms with Gasteiger partial charge in [-0.25, -0.2) is 14.2 Å². The highest BCUT2D eigenvalue weighted by molar-refractivity contribution is 6.31. The fourth-order valence-corrected chi connectivity index (χ4v) is 1.76. The Kier molecular flexibility index (Phi) is 4.49. The maximum atomic E-state index is 13.0. The van der Waals surface area contributed by atoms with Crippen LogP contribution in [-0.2, 0) is 6.54 Å². The van der Waals surface area contributed by atoms with Crippen LogP contribution >= 0.6 is 11.6 Å². The lowest BCUT2D eigenvalue weighted by Gasteiger charge is -2.06. The molecule has 0 spiro atoms. The van der Waals surface area contributed by atoms with Gasteiger partial charge in [-0.2, -0.15) is 0 Å². The molecular weight excluding hydrogens is 299 g/mol. The Balaban J connectivity index is 2.00. The summed E-state index contributed by atoms with van der Waals surface area (Å²) in [7, 11) is 0. The SMILES string of the molecule is O=C(NCc1ccc(C(=O)O)nc1)c1ccc(F)c(Cl)c1. The number of nitrogens with one attached hydrogen (secondary N) is 1. The van der Waals surface area contributed by atoms with Gasteiger partial charge in [0.1, 0.15) is 11.5 Å². The molecule has 0 aliphatic carbocycles. The maximum Gasteiger partial charge on any atom is 0.354 e. The summed E-state index contributed by atoms with van der Waals surface area (Å²) in [4.78, 5) is 26.2. The molecule has 0 aliphatic heterocycles. The lowest BCUT2D eigenvalue weighted by Crippen LogP contribution is -2.23. The van der Waals surface area contributed by atoms with E-state index in [2.05, 4.69) is 10.3 Å². The maximum absolute atomic E-state index is 13.0. The Bertz CT molecular complexity index is 689. The molecule has 0 atom stereocenters. The molecule has 0 saturated heterocycles. The first-order chi connectivity index (χ1) is 9.97. The van der Waals surface area contributed by atoms with Gasteiger partial charge < -0.3 is 10.4 Å². The summed E-state index contributed by atoms with van der Waals surface area (Å²) in [5, 5.41) is 11.2. The van der Waals surface area contributed by atoms with Crippen molar-refractivity contribution in [2.24, 2.45) is 0 Å². The lowest BCUT2D eigenvalue weighted by molar-refractivity contribution is 0.0690. The van der Waals surface area contributed by atoms with Crippen LogP contribution in [0.1, 0.15) is 26.4 Å². The van der Waals surface area contributed by atoms with Gasteiger partial charge in [-0.3, -0.25) is 4.79 Å². The largest absolute Gasteiger partial charge is 0.477 e. The smallest absolute Gasteiger partial charge is 0.354 e. The first-order valence-electron chi connectivity index (χ1n) is 5.89. The molecule has 1 aromatic heterocycles. The van der Waals surface area contributed by atoms with Crippen molar-refractivity contribution in [3.05, 3.63) is 64.2 Å². The Morgan fingerprint density at radius 1 is 1.29 bits per heavy atom. The fraction of sp³-hybridized carbons (Fsp3) is 0.0714. The van der Waals surface area contributed by atoms with Crippen LogP contribution in [0.5, 0.6) is 0 Å². The molecule has 2 aromatic rings. The van der Waals surface area contributed by atoms with E-state index in [4.69, 9.17) is 16.7 Å². The number of aromatic carboxylic acids is 1.